The molecule has 2 atom stereocenters. The van der Waals surface area contributed by atoms with E-state index in [4.69, 9.17) is 4.74 Å². The highest BCUT2D eigenvalue weighted by molar-refractivity contribution is 5.82. The third kappa shape index (κ3) is 8.63. The van der Waals surface area contributed by atoms with Crippen LogP contribution < -0.4 is 0 Å². The normalized spacial score (nSPS) is 13.4. The van der Waals surface area contributed by atoms with Gasteiger partial charge in [-0.25, -0.2) is 4.98 Å². The second-order valence-electron chi connectivity index (χ2n) is 7.38. The van der Waals surface area contributed by atoms with Crippen molar-refractivity contribution in [2.75, 3.05) is 6.61 Å². The van der Waals surface area contributed by atoms with Crippen LogP contribution in [-0.2, 0) is 27.8 Å². The van der Waals surface area contributed by atoms with Gasteiger partial charge in [0.15, 0.2) is 0 Å². The van der Waals surface area contributed by atoms with Crippen LogP contribution in [0, 0.1) is 11.8 Å². The van der Waals surface area contributed by atoms with E-state index in [1.807, 2.05) is 17.8 Å². The third-order valence-corrected chi connectivity index (χ3v) is 5.21. The number of hydrogen-bond donors (Lipinski definition) is 0. The quantitative estimate of drug-likeness (QED) is 0.360. The Morgan fingerprint density at radius 1 is 1.15 bits per heavy atom. The molecule has 0 spiro atoms. The Bertz CT molecular complexity index is 539. The molecule has 0 saturated heterocycles. The standard InChI is InChI=1S/C21H36N2O3/c1-5-7-8-9-10-20(24)11-12-21(25)26-15-18(17(3)6-2)13-19-14-22-16-23(19)4/h14,16-18H,5-13,15H2,1-4H3. The monoisotopic (exact) mass is 364 g/mol. The molecule has 148 valence electrons. The predicted molar refractivity (Wildman–Crippen MR) is 104 cm³/mol. The van der Waals surface area contributed by atoms with Gasteiger partial charge in [-0.3, -0.25) is 9.59 Å². The topological polar surface area (TPSA) is 61.2 Å². The molecule has 0 aromatic carbocycles. The second-order valence-corrected chi connectivity index (χ2v) is 7.38. The molecule has 2 unspecified atom stereocenters. The van der Waals surface area contributed by atoms with E-state index in [1.54, 1.807) is 6.33 Å². The van der Waals surface area contributed by atoms with Crippen molar-refractivity contribution in [3.63, 3.8) is 0 Å². The molecule has 5 heteroatoms. The van der Waals surface area contributed by atoms with Gasteiger partial charge in [-0.15, -0.1) is 0 Å². The number of unbranched alkanes of at least 4 members (excludes halogenated alkanes) is 3. The summed E-state index contributed by atoms with van der Waals surface area (Å²) in [7, 11) is 1.98. The molecule has 0 amide bonds. The number of aryl methyl sites for hydroxylation is 1. The van der Waals surface area contributed by atoms with E-state index >= 15 is 0 Å². The average molecular weight is 365 g/mol. The molecule has 0 bridgehead atoms. The highest BCUT2D eigenvalue weighted by Crippen LogP contribution is 2.21. The van der Waals surface area contributed by atoms with Crippen molar-refractivity contribution in [2.24, 2.45) is 18.9 Å². The maximum Gasteiger partial charge on any atom is 0.306 e. The molecule has 1 aromatic heterocycles. The van der Waals surface area contributed by atoms with Crippen molar-refractivity contribution >= 4 is 11.8 Å². The maximum absolute atomic E-state index is 12.0. The molecule has 1 heterocycles. The minimum absolute atomic E-state index is 0.173. The molecule has 0 fully saturated rings. The number of ether oxygens (including phenoxy) is 1. The third-order valence-electron chi connectivity index (χ3n) is 5.21. The first-order valence-electron chi connectivity index (χ1n) is 10.1. The van der Waals surface area contributed by atoms with Crippen molar-refractivity contribution in [3.05, 3.63) is 18.2 Å². The molecule has 0 aliphatic carbocycles. The summed E-state index contributed by atoms with van der Waals surface area (Å²) in [6, 6.07) is 0. The Morgan fingerprint density at radius 2 is 1.92 bits per heavy atom. The van der Waals surface area contributed by atoms with Gasteiger partial charge >= 0.3 is 5.97 Å². The van der Waals surface area contributed by atoms with Crippen molar-refractivity contribution in [1.29, 1.82) is 0 Å². The minimum Gasteiger partial charge on any atom is -0.465 e. The van der Waals surface area contributed by atoms with Crippen LogP contribution >= 0.6 is 0 Å². The lowest BCUT2D eigenvalue weighted by Gasteiger charge is -2.23. The van der Waals surface area contributed by atoms with Crippen molar-refractivity contribution in [1.82, 2.24) is 9.55 Å². The number of esters is 1. The number of hydrogen-bond acceptors (Lipinski definition) is 4. The van der Waals surface area contributed by atoms with Crippen molar-refractivity contribution in [3.8, 4) is 0 Å². The number of rotatable bonds is 14. The molecule has 0 saturated carbocycles. The fourth-order valence-electron chi connectivity index (χ4n) is 3.00. The van der Waals surface area contributed by atoms with Crippen LogP contribution in [0.5, 0.6) is 0 Å². The number of Topliss-reactive ketones (excluding diaryl/α,β-unsaturated/α-hetero) is 1. The van der Waals surface area contributed by atoms with Gasteiger partial charge in [-0.1, -0.05) is 46.5 Å². The highest BCUT2D eigenvalue weighted by atomic mass is 16.5. The van der Waals surface area contributed by atoms with Gasteiger partial charge in [0, 0.05) is 37.7 Å². The maximum atomic E-state index is 12.0. The number of ketones is 1. The lowest BCUT2D eigenvalue weighted by atomic mass is 9.88. The van der Waals surface area contributed by atoms with E-state index in [1.165, 1.54) is 6.42 Å². The summed E-state index contributed by atoms with van der Waals surface area (Å²) < 4.78 is 7.50. The zero-order chi connectivity index (χ0) is 19.4. The molecule has 0 radical (unpaired) electrons. The fourth-order valence-corrected chi connectivity index (χ4v) is 3.00. The van der Waals surface area contributed by atoms with Crippen LogP contribution in [0.25, 0.3) is 0 Å². The van der Waals surface area contributed by atoms with Crippen molar-refractivity contribution < 1.29 is 14.3 Å². The number of aromatic nitrogens is 2. The van der Waals surface area contributed by atoms with Crippen LogP contribution in [0.4, 0.5) is 0 Å². The summed E-state index contributed by atoms with van der Waals surface area (Å²) >= 11 is 0. The first kappa shape index (κ1) is 22.4. The highest BCUT2D eigenvalue weighted by Gasteiger charge is 2.20. The summed E-state index contributed by atoms with van der Waals surface area (Å²) in [5.41, 5.74) is 1.15. The van der Waals surface area contributed by atoms with E-state index in [2.05, 4.69) is 25.8 Å². The van der Waals surface area contributed by atoms with E-state index < -0.39 is 0 Å². The Balaban J connectivity index is 2.34. The molecule has 0 N–H and O–H groups in total. The van der Waals surface area contributed by atoms with Gasteiger partial charge in [-0.2, -0.15) is 0 Å². The lowest BCUT2D eigenvalue weighted by Crippen LogP contribution is -2.23. The first-order chi connectivity index (χ1) is 12.5. The van der Waals surface area contributed by atoms with E-state index in [-0.39, 0.29) is 24.1 Å². The number of carbonyl (C=O) groups is 2. The summed E-state index contributed by atoms with van der Waals surface area (Å²) in [6.07, 6.45) is 11.0. The van der Waals surface area contributed by atoms with E-state index in [0.29, 0.717) is 25.4 Å². The van der Waals surface area contributed by atoms with Crippen molar-refractivity contribution in [2.45, 2.75) is 78.6 Å². The molecule has 1 aromatic rings. The fraction of sp³-hybridized carbons (Fsp3) is 0.762. The van der Waals surface area contributed by atoms with Gasteiger partial charge in [0.25, 0.3) is 0 Å². The van der Waals surface area contributed by atoms with Crippen LogP contribution in [-0.4, -0.2) is 27.9 Å². The van der Waals surface area contributed by atoms with Crippen LogP contribution in [0.3, 0.4) is 0 Å². The molecular formula is C21H36N2O3. The van der Waals surface area contributed by atoms with Crippen LogP contribution in [0.1, 0.15) is 77.8 Å². The van der Waals surface area contributed by atoms with E-state index in [0.717, 1.165) is 37.8 Å². The zero-order valence-corrected chi connectivity index (χ0v) is 17.0. The summed E-state index contributed by atoms with van der Waals surface area (Å²) in [5, 5.41) is 0. The second kappa shape index (κ2) is 12.7. The largest absolute Gasteiger partial charge is 0.465 e. The lowest BCUT2D eigenvalue weighted by molar-refractivity contribution is -0.146. The summed E-state index contributed by atoms with van der Waals surface area (Å²) in [5.74, 6) is 0.638. The minimum atomic E-state index is -0.259. The van der Waals surface area contributed by atoms with Gasteiger partial charge in [-0.05, 0) is 18.8 Å². The number of carbonyl (C=O) groups excluding carboxylic acids is 2. The average Bonchev–Trinajstić information content (AvgIpc) is 3.04. The van der Waals surface area contributed by atoms with Gasteiger partial charge in [0.05, 0.1) is 19.4 Å². The van der Waals surface area contributed by atoms with Crippen LogP contribution in [0.2, 0.25) is 0 Å². The summed E-state index contributed by atoms with van der Waals surface area (Å²) in [4.78, 5) is 28.0. The molecule has 26 heavy (non-hydrogen) atoms. The van der Waals surface area contributed by atoms with E-state index in [9.17, 15) is 9.59 Å². The first-order valence-corrected chi connectivity index (χ1v) is 10.1. The Morgan fingerprint density at radius 3 is 2.54 bits per heavy atom. The molecule has 5 nitrogen and oxygen atoms in total. The Kier molecular flexibility index (Phi) is 10.9. The summed E-state index contributed by atoms with van der Waals surface area (Å²) in [6.45, 7) is 6.90. The van der Waals surface area contributed by atoms with Gasteiger partial charge in [0.1, 0.15) is 5.78 Å². The zero-order valence-electron chi connectivity index (χ0n) is 17.0. The number of nitrogens with zero attached hydrogens (tertiary/aromatic N) is 2. The molecule has 1 rings (SSSR count). The Labute approximate surface area is 158 Å². The predicted octanol–water partition coefficient (Wildman–Crippen LogP) is 4.49. The smallest absolute Gasteiger partial charge is 0.306 e. The Hall–Kier alpha value is -1.65. The van der Waals surface area contributed by atoms with Crippen LogP contribution in [0.15, 0.2) is 12.5 Å². The SMILES string of the molecule is CCCCCCC(=O)CCC(=O)OCC(Cc1cncn1C)C(C)CC. The van der Waals surface area contributed by atoms with Gasteiger partial charge in [0.2, 0.25) is 0 Å². The molecule has 0 aliphatic heterocycles. The number of imidazole rings is 1. The van der Waals surface area contributed by atoms with Gasteiger partial charge < -0.3 is 9.30 Å². The molecule has 0 aliphatic rings. The molecular weight excluding hydrogens is 328 g/mol.